The Kier molecular flexibility index (Phi) is 6.31. The van der Waals surface area contributed by atoms with Crippen molar-refractivity contribution in [2.45, 2.75) is 19.4 Å². The van der Waals surface area contributed by atoms with E-state index in [1.165, 1.54) is 18.3 Å². The molecule has 0 aliphatic carbocycles. The average molecular weight is 324 g/mol. The molecule has 4 nitrogen and oxygen atoms in total. The fourth-order valence-electron chi connectivity index (χ4n) is 2.00. The number of aromatic nitrogens is 1. The van der Waals surface area contributed by atoms with Crippen molar-refractivity contribution in [3.8, 4) is 0 Å². The van der Waals surface area contributed by atoms with E-state index < -0.39 is 0 Å². The smallest absolute Gasteiger partial charge is 0.228 e. The van der Waals surface area contributed by atoms with Crippen LogP contribution in [0.15, 0.2) is 42.6 Å². The Morgan fingerprint density at radius 1 is 1.27 bits per heavy atom. The van der Waals surface area contributed by atoms with Gasteiger partial charge in [0, 0.05) is 12.7 Å². The molecule has 2 rings (SSSR count). The zero-order chi connectivity index (χ0) is 15.4. The maximum atomic E-state index is 12.9. The molecule has 1 unspecified atom stereocenters. The van der Waals surface area contributed by atoms with Gasteiger partial charge in [-0.2, -0.15) is 0 Å². The van der Waals surface area contributed by atoms with Gasteiger partial charge in [-0.15, -0.1) is 12.4 Å². The molecular formula is C16H19ClFN3O. The fraction of sp³-hybridized carbons (Fsp3) is 0.250. The first-order chi connectivity index (χ1) is 9.97. The number of nitrogen functional groups attached to an aromatic ring is 1. The van der Waals surface area contributed by atoms with Gasteiger partial charge in [0.05, 0.1) is 24.3 Å². The lowest BCUT2D eigenvalue weighted by Crippen LogP contribution is -2.31. The molecule has 1 atom stereocenters. The van der Waals surface area contributed by atoms with Gasteiger partial charge in [-0.3, -0.25) is 9.78 Å². The number of hydrogen-bond donors (Lipinski definition) is 1. The van der Waals surface area contributed by atoms with Gasteiger partial charge in [0.2, 0.25) is 5.91 Å². The number of pyridine rings is 1. The van der Waals surface area contributed by atoms with E-state index in [9.17, 15) is 9.18 Å². The molecule has 0 spiro atoms. The Labute approximate surface area is 135 Å². The number of nitrogens with zero attached hydrogens (tertiary/aromatic N) is 2. The first kappa shape index (κ1) is 17.9. The molecule has 6 heteroatoms. The molecule has 0 radical (unpaired) electrons. The second-order valence-electron chi connectivity index (χ2n) is 4.99. The normalized spacial score (nSPS) is 11.4. The third kappa shape index (κ3) is 4.43. The van der Waals surface area contributed by atoms with Crippen LogP contribution in [0.1, 0.15) is 24.2 Å². The minimum Gasteiger partial charge on any atom is -0.397 e. The highest BCUT2D eigenvalue weighted by Crippen LogP contribution is 2.19. The number of carbonyl (C=O) groups is 1. The predicted molar refractivity (Wildman–Crippen MR) is 87.2 cm³/mol. The Hall–Kier alpha value is -2.14. The number of carbonyl (C=O) groups excluding carboxylic acids is 1. The SMILES string of the molecule is CC(c1ccc(F)cc1)N(C)C(=O)Cc1ccc(N)cn1.Cl. The van der Waals surface area contributed by atoms with E-state index in [0.29, 0.717) is 11.4 Å². The van der Waals surface area contributed by atoms with Crippen molar-refractivity contribution in [2.24, 2.45) is 0 Å². The molecule has 1 aromatic heterocycles. The predicted octanol–water partition coefficient (Wildman–Crippen LogP) is 2.99. The highest BCUT2D eigenvalue weighted by atomic mass is 35.5. The minimum atomic E-state index is -0.286. The lowest BCUT2D eigenvalue weighted by atomic mass is 10.1. The van der Waals surface area contributed by atoms with Gasteiger partial charge >= 0.3 is 0 Å². The molecule has 118 valence electrons. The number of benzene rings is 1. The minimum absolute atomic E-state index is 0. The van der Waals surface area contributed by atoms with Crippen LogP contribution in [-0.4, -0.2) is 22.8 Å². The topological polar surface area (TPSA) is 59.2 Å². The van der Waals surface area contributed by atoms with E-state index in [1.807, 2.05) is 6.92 Å². The van der Waals surface area contributed by atoms with Crippen LogP contribution in [0.25, 0.3) is 0 Å². The van der Waals surface area contributed by atoms with E-state index in [2.05, 4.69) is 4.98 Å². The summed E-state index contributed by atoms with van der Waals surface area (Å²) in [5, 5.41) is 0. The third-order valence-electron chi connectivity index (χ3n) is 3.51. The molecule has 0 aliphatic heterocycles. The summed E-state index contributed by atoms with van der Waals surface area (Å²) in [7, 11) is 1.73. The van der Waals surface area contributed by atoms with Crippen LogP contribution in [0, 0.1) is 5.82 Å². The second kappa shape index (κ2) is 7.75. The summed E-state index contributed by atoms with van der Waals surface area (Å²) in [6.07, 6.45) is 1.74. The highest BCUT2D eigenvalue weighted by Gasteiger charge is 2.18. The molecule has 22 heavy (non-hydrogen) atoms. The van der Waals surface area contributed by atoms with Gasteiger partial charge in [0.25, 0.3) is 0 Å². The summed E-state index contributed by atoms with van der Waals surface area (Å²) in [5.74, 6) is -0.338. The first-order valence-electron chi connectivity index (χ1n) is 6.69. The number of anilines is 1. The molecule has 2 N–H and O–H groups in total. The van der Waals surface area contributed by atoms with Crippen LogP contribution in [0.5, 0.6) is 0 Å². The van der Waals surface area contributed by atoms with E-state index in [1.54, 1.807) is 36.2 Å². The van der Waals surface area contributed by atoms with Crippen molar-refractivity contribution in [1.82, 2.24) is 9.88 Å². The Morgan fingerprint density at radius 3 is 2.45 bits per heavy atom. The molecule has 2 aromatic rings. The van der Waals surface area contributed by atoms with Crippen LogP contribution < -0.4 is 5.73 Å². The van der Waals surface area contributed by atoms with Crippen LogP contribution in [0.4, 0.5) is 10.1 Å². The average Bonchev–Trinajstić information content (AvgIpc) is 2.49. The summed E-state index contributed by atoms with van der Waals surface area (Å²) in [6, 6.07) is 9.49. The van der Waals surface area contributed by atoms with E-state index in [4.69, 9.17) is 5.73 Å². The number of amides is 1. The molecule has 1 aromatic carbocycles. The van der Waals surface area contributed by atoms with Gasteiger partial charge < -0.3 is 10.6 Å². The molecule has 0 saturated heterocycles. The van der Waals surface area contributed by atoms with Gasteiger partial charge in [-0.1, -0.05) is 12.1 Å². The van der Waals surface area contributed by atoms with E-state index >= 15 is 0 Å². The monoisotopic (exact) mass is 323 g/mol. The molecule has 0 fully saturated rings. The summed E-state index contributed by atoms with van der Waals surface area (Å²) in [6.45, 7) is 1.90. The maximum Gasteiger partial charge on any atom is 0.228 e. The third-order valence-corrected chi connectivity index (χ3v) is 3.51. The highest BCUT2D eigenvalue weighted by molar-refractivity contribution is 5.85. The van der Waals surface area contributed by atoms with Crippen molar-refractivity contribution in [3.05, 3.63) is 59.7 Å². The summed E-state index contributed by atoms with van der Waals surface area (Å²) >= 11 is 0. The van der Waals surface area contributed by atoms with Crippen molar-refractivity contribution in [1.29, 1.82) is 0 Å². The second-order valence-corrected chi connectivity index (χ2v) is 4.99. The number of hydrogen-bond acceptors (Lipinski definition) is 3. The lowest BCUT2D eigenvalue weighted by molar-refractivity contribution is -0.131. The Bertz CT molecular complexity index is 616. The van der Waals surface area contributed by atoms with Crippen molar-refractivity contribution in [2.75, 3.05) is 12.8 Å². The molecule has 0 aliphatic rings. The van der Waals surface area contributed by atoms with Crippen LogP contribution in [0.2, 0.25) is 0 Å². The Balaban J connectivity index is 0.00000242. The van der Waals surface area contributed by atoms with Gasteiger partial charge in [0.15, 0.2) is 0 Å². The van der Waals surface area contributed by atoms with Crippen molar-refractivity contribution >= 4 is 24.0 Å². The lowest BCUT2D eigenvalue weighted by Gasteiger charge is -2.25. The van der Waals surface area contributed by atoms with Crippen LogP contribution in [0.3, 0.4) is 0 Å². The summed E-state index contributed by atoms with van der Waals surface area (Å²) in [5.41, 5.74) is 7.69. The molecular weight excluding hydrogens is 305 g/mol. The van der Waals surface area contributed by atoms with Gasteiger partial charge in [0.1, 0.15) is 5.82 Å². The van der Waals surface area contributed by atoms with E-state index in [0.717, 1.165) is 5.56 Å². The fourth-order valence-corrected chi connectivity index (χ4v) is 2.00. The number of nitrogens with two attached hydrogens (primary N) is 1. The molecule has 1 amide bonds. The van der Waals surface area contributed by atoms with Gasteiger partial charge in [-0.05, 0) is 36.8 Å². The summed E-state index contributed by atoms with van der Waals surface area (Å²) in [4.78, 5) is 18.0. The van der Waals surface area contributed by atoms with Crippen molar-refractivity contribution in [3.63, 3.8) is 0 Å². The molecule has 0 bridgehead atoms. The zero-order valence-electron chi connectivity index (χ0n) is 12.5. The van der Waals surface area contributed by atoms with Gasteiger partial charge in [-0.25, -0.2) is 4.39 Å². The van der Waals surface area contributed by atoms with E-state index in [-0.39, 0.29) is 36.6 Å². The summed E-state index contributed by atoms with van der Waals surface area (Å²) < 4.78 is 12.9. The van der Waals surface area contributed by atoms with Crippen LogP contribution in [-0.2, 0) is 11.2 Å². The first-order valence-corrected chi connectivity index (χ1v) is 6.69. The number of halogens is 2. The van der Waals surface area contributed by atoms with Crippen LogP contribution >= 0.6 is 12.4 Å². The number of likely N-dealkylation sites (N-methyl/N-ethyl adjacent to an activating group) is 1. The molecule has 0 saturated carbocycles. The Morgan fingerprint density at radius 2 is 1.91 bits per heavy atom. The standard InChI is InChI=1S/C16H18FN3O.ClH/c1-11(12-3-5-13(17)6-4-12)20(2)16(21)9-15-8-7-14(18)10-19-15;/h3-8,10-11H,9,18H2,1-2H3;1H. The largest absolute Gasteiger partial charge is 0.397 e. The number of rotatable bonds is 4. The maximum absolute atomic E-state index is 12.9. The molecule has 1 heterocycles. The quantitative estimate of drug-likeness (QED) is 0.941. The zero-order valence-corrected chi connectivity index (χ0v) is 13.3. The van der Waals surface area contributed by atoms with Crippen molar-refractivity contribution < 1.29 is 9.18 Å².